The SMILES string of the molecule is CCS(=O)(=O)c1ccc(C)cc1C(C)N. The van der Waals surface area contributed by atoms with Crippen LogP contribution in [0.4, 0.5) is 0 Å². The lowest BCUT2D eigenvalue weighted by molar-refractivity contribution is 0.594. The van der Waals surface area contributed by atoms with Gasteiger partial charge in [-0.1, -0.05) is 24.6 Å². The molecule has 0 aromatic heterocycles. The van der Waals surface area contributed by atoms with Gasteiger partial charge in [-0.3, -0.25) is 0 Å². The molecule has 0 bridgehead atoms. The molecule has 1 atom stereocenters. The Morgan fingerprint density at radius 1 is 1.40 bits per heavy atom. The Balaban J connectivity index is 3.43. The van der Waals surface area contributed by atoms with E-state index in [9.17, 15) is 8.42 Å². The molecule has 1 aromatic rings. The van der Waals surface area contributed by atoms with Gasteiger partial charge in [0.2, 0.25) is 0 Å². The molecule has 0 fully saturated rings. The van der Waals surface area contributed by atoms with Crippen LogP contribution in [0.25, 0.3) is 0 Å². The first kappa shape index (κ1) is 12.2. The number of hydrogen-bond acceptors (Lipinski definition) is 3. The summed E-state index contributed by atoms with van der Waals surface area (Å²) < 4.78 is 23.6. The van der Waals surface area contributed by atoms with Crippen LogP contribution in [0, 0.1) is 6.92 Å². The second-order valence-corrected chi connectivity index (χ2v) is 5.98. The quantitative estimate of drug-likeness (QED) is 0.856. The molecule has 4 heteroatoms. The summed E-state index contributed by atoms with van der Waals surface area (Å²) in [5.41, 5.74) is 7.50. The number of hydrogen-bond donors (Lipinski definition) is 1. The van der Waals surface area contributed by atoms with Crippen LogP contribution in [0.2, 0.25) is 0 Å². The molecule has 0 radical (unpaired) electrons. The summed E-state index contributed by atoms with van der Waals surface area (Å²) in [6.07, 6.45) is 0. The van der Waals surface area contributed by atoms with E-state index in [1.165, 1.54) is 0 Å². The molecule has 1 aromatic carbocycles. The maximum absolute atomic E-state index is 11.8. The van der Waals surface area contributed by atoms with Crippen LogP contribution in [0.15, 0.2) is 23.1 Å². The maximum Gasteiger partial charge on any atom is 0.178 e. The number of sulfone groups is 1. The maximum atomic E-state index is 11.8. The average Bonchev–Trinajstić information content (AvgIpc) is 2.17. The van der Waals surface area contributed by atoms with E-state index < -0.39 is 9.84 Å². The Bertz CT molecular complexity index is 450. The van der Waals surface area contributed by atoms with Crippen molar-refractivity contribution in [3.63, 3.8) is 0 Å². The third kappa shape index (κ3) is 2.58. The van der Waals surface area contributed by atoms with E-state index in [1.807, 2.05) is 13.0 Å². The zero-order valence-corrected chi connectivity index (χ0v) is 10.1. The van der Waals surface area contributed by atoms with E-state index in [-0.39, 0.29) is 11.8 Å². The topological polar surface area (TPSA) is 60.2 Å². The first-order chi connectivity index (χ1) is 6.88. The molecular formula is C11H17NO2S. The lowest BCUT2D eigenvalue weighted by atomic mass is 10.1. The lowest BCUT2D eigenvalue weighted by Crippen LogP contribution is -2.13. The van der Waals surface area contributed by atoms with Gasteiger partial charge in [0.05, 0.1) is 10.6 Å². The van der Waals surface area contributed by atoms with Gasteiger partial charge in [-0.15, -0.1) is 0 Å². The Morgan fingerprint density at radius 2 is 2.00 bits per heavy atom. The van der Waals surface area contributed by atoms with Crippen LogP contribution in [0.1, 0.15) is 31.0 Å². The van der Waals surface area contributed by atoms with Crippen LogP contribution >= 0.6 is 0 Å². The largest absolute Gasteiger partial charge is 0.324 e. The second-order valence-electron chi connectivity index (χ2n) is 3.73. The minimum atomic E-state index is -3.17. The van der Waals surface area contributed by atoms with Crippen molar-refractivity contribution in [3.8, 4) is 0 Å². The summed E-state index contributed by atoms with van der Waals surface area (Å²) in [7, 11) is -3.17. The summed E-state index contributed by atoms with van der Waals surface area (Å²) in [6.45, 7) is 5.36. The van der Waals surface area contributed by atoms with Gasteiger partial charge in [0.1, 0.15) is 0 Å². The molecule has 0 amide bonds. The standard InChI is InChI=1S/C11H17NO2S/c1-4-15(13,14)11-6-5-8(2)7-10(11)9(3)12/h5-7,9H,4,12H2,1-3H3. The minimum Gasteiger partial charge on any atom is -0.324 e. The van der Waals surface area contributed by atoms with E-state index in [0.717, 1.165) is 5.56 Å². The van der Waals surface area contributed by atoms with Crippen molar-refractivity contribution in [2.24, 2.45) is 5.73 Å². The first-order valence-corrected chi connectivity index (χ1v) is 6.62. The van der Waals surface area contributed by atoms with Crippen LogP contribution in [-0.2, 0) is 9.84 Å². The minimum absolute atomic E-state index is 0.107. The molecule has 0 heterocycles. The number of aryl methyl sites for hydroxylation is 1. The average molecular weight is 227 g/mol. The van der Waals surface area contributed by atoms with Crippen molar-refractivity contribution < 1.29 is 8.42 Å². The van der Waals surface area contributed by atoms with Crippen LogP contribution < -0.4 is 5.73 Å². The normalized spacial score (nSPS) is 13.9. The van der Waals surface area contributed by atoms with Gasteiger partial charge in [-0.2, -0.15) is 0 Å². The fraction of sp³-hybridized carbons (Fsp3) is 0.455. The van der Waals surface area contributed by atoms with Crippen molar-refractivity contribution in [2.45, 2.75) is 31.7 Å². The molecule has 2 N–H and O–H groups in total. The summed E-state index contributed by atoms with van der Waals surface area (Å²) in [5, 5.41) is 0. The van der Waals surface area contributed by atoms with E-state index in [1.54, 1.807) is 26.0 Å². The highest BCUT2D eigenvalue weighted by Crippen LogP contribution is 2.23. The molecule has 0 spiro atoms. The molecule has 0 aliphatic carbocycles. The lowest BCUT2D eigenvalue weighted by Gasteiger charge is -2.13. The third-order valence-electron chi connectivity index (χ3n) is 2.37. The van der Waals surface area contributed by atoms with Crippen LogP contribution in [0.5, 0.6) is 0 Å². The number of rotatable bonds is 3. The van der Waals surface area contributed by atoms with Gasteiger partial charge in [-0.25, -0.2) is 8.42 Å². The first-order valence-electron chi connectivity index (χ1n) is 4.97. The molecule has 0 saturated heterocycles. The fourth-order valence-corrected chi connectivity index (χ4v) is 2.65. The summed E-state index contributed by atoms with van der Waals surface area (Å²) in [5.74, 6) is 0.107. The molecule has 84 valence electrons. The molecule has 15 heavy (non-hydrogen) atoms. The Morgan fingerprint density at radius 3 is 2.47 bits per heavy atom. The van der Waals surface area contributed by atoms with E-state index in [4.69, 9.17) is 5.73 Å². The smallest absolute Gasteiger partial charge is 0.178 e. The van der Waals surface area contributed by atoms with Crippen molar-refractivity contribution in [3.05, 3.63) is 29.3 Å². The van der Waals surface area contributed by atoms with E-state index >= 15 is 0 Å². The monoisotopic (exact) mass is 227 g/mol. The molecule has 1 rings (SSSR count). The highest BCUT2D eigenvalue weighted by atomic mass is 32.2. The van der Waals surface area contributed by atoms with Crippen molar-refractivity contribution in [1.82, 2.24) is 0 Å². The van der Waals surface area contributed by atoms with Gasteiger partial charge in [0.15, 0.2) is 9.84 Å². The highest BCUT2D eigenvalue weighted by Gasteiger charge is 2.18. The third-order valence-corrected chi connectivity index (χ3v) is 4.17. The van der Waals surface area contributed by atoms with E-state index in [2.05, 4.69) is 0 Å². The molecule has 0 aliphatic heterocycles. The summed E-state index contributed by atoms with van der Waals surface area (Å²) in [4.78, 5) is 0.366. The summed E-state index contributed by atoms with van der Waals surface area (Å²) in [6, 6.07) is 5.02. The predicted octanol–water partition coefficient (Wildman–Crippen LogP) is 1.81. The second kappa shape index (κ2) is 4.33. The van der Waals surface area contributed by atoms with Gasteiger partial charge in [0, 0.05) is 6.04 Å². The van der Waals surface area contributed by atoms with E-state index in [0.29, 0.717) is 10.5 Å². The number of benzene rings is 1. The van der Waals surface area contributed by atoms with Gasteiger partial charge >= 0.3 is 0 Å². The van der Waals surface area contributed by atoms with Crippen molar-refractivity contribution in [2.75, 3.05) is 5.75 Å². The van der Waals surface area contributed by atoms with Crippen LogP contribution in [0.3, 0.4) is 0 Å². The fourth-order valence-electron chi connectivity index (χ4n) is 1.46. The highest BCUT2D eigenvalue weighted by molar-refractivity contribution is 7.91. The van der Waals surface area contributed by atoms with Gasteiger partial charge in [-0.05, 0) is 25.5 Å². The number of nitrogens with two attached hydrogens (primary N) is 1. The van der Waals surface area contributed by atoms with Gasteiger partial charge in [0.25, 0.3) is 0 Å². The Kier molecular flexibility index (Phi) is 3.52. The zero-order chi connectivity index (χ0) is 11.6. The van der Waals surface area contributed by atoms with Crippen molar-refractivity contribution >= 4 is 9.84 Å². The molecule has 0 aliphatic rings. The zero-order valence-electron chi connectivity index (χ0n) is 9.32. The molecule has 3 nitrogen and oxygen atoms in total. The van der Waals surface area contributed by atoms with Crippen LogP contribution in [-0.4, -0.2) is 14.2 Å². The predicted molar refractivity (Wildman–Crippen MR) is 61.5 cm³/mol. The molecule has 0 saturated carbocycles. The van der Waals surface area contributed by atoms with Crippen molar-refractivity contribution in [1.29, 1.82) is 0 Å². The Labute approximate surface area is 91.2 Å². The molecular weight excluding hydrogens is 210 g/mol. The summed E-state index contributed by atoms with van der Waals surface area (Å²) >= 11 is 0. The molecule has 1 unspecified atom stereocenters. The Hall–Kier alpha value is -0.870. The van der Waals surface area contributed by atoms with Gasteiger partial charge < -0.3 is 5.73 Å².